The Morgan fingerprint density at radius 3 is 2.40 bits per heavy atom. The van der Waals surface area contributed by atoms with E-state index in [1.165, 1.54) is 17.8 Å². The molecule has 0 bridgehead atoms. The van der Waals surface area contributed by atoms with Crippen LogP contribution in [0, 0.1) is 24.0 Å². The lowest BCUT2D eigenvalue weighted by atomic mass is 10.2. The summed E-state index contributed by atoms with van der Waals surface area (Å²) in [6, 6.07) is 10.5. The van der Waals surface area contributed by atoms with Gasteiger partial charge in [-0.1, -0.05) is 35.5 Å². The number of nitro benzene ring substituents is 1. The minimum absolute atomic E-state index is 0.0421. The summed E-state index contributed by atoms with van der Waals surface area (Å²) in [4.78, 5) is 22.9. The molecule has 0 aliphatic carbocycles. The van der Waals surface area contributed by atoms with Crippen LogP contribution in [-0.4, -0.2) is 11.2 Å². The van der Waals surface area contributed by atoms with E-state index < -0.39 is 4.92 Å². The fraction of sp³-hybridized carbons (Fsp3) is 0.133. The predicted molar refractivity (Wildman–Crippen MR) is 78.5 cm³/mol. The lowest BCUT2D eigenvalue weighted by Crippen LogP contribution is -1.93. The van der Waals surface area contributed by atoms with Gasteiger partial charge in [-0.05, 0) is 31.5 Å². The molecular formula is C15H13NO3S. The van der Waals surface area contributed by atoms with E-state index in [4.69, 9.17) is 0 Å². The maximum atomic E-state index is 11.1. The maximum absolute atomic E-state index is 11.1. The molecule has 0 aromatic heterocycles. The molecule has 0 fully saturated rings. The summed E-state index contributed by atoms with van der Waals surface area (Å²) in [6.45, 7) is 3.98. The van der Waals surface area contributed by atoms with Crippen molar-refractivity contribution in [2.24, 2.45) is 0 Å². The lowest BCUT2D eigenvalue weighted by molar-refractivity contribution is -0.387. The van der Waals surface area contributed by atoms with Crippen LogP contribution in [-0.2, 0) is 0 Å². The fourth-order valence-corrected chi connectivity index (χ4v) is 2.84. The summed E-state index contributed by atoms with van der Waals surface area (Å²) in [7, 11) is 0. The molecule has 20 heavy (non-hydrogen) atoms. The molecule has 5 heteroatoms. The number of hydrogen-bond donors (Lipinski definition) is 0. The molecule has 2 aromatic carbocycles. The standard InChI is InChI=1S/C15H13NO3S/c1-10-3-5-14(11(2)7-10)20-15-6-4-12(9-17)8-13(15)16(18)19/h3-9H,1-2H3. The predicted octanol–water partition coefficient (Wildman–Crippen LogP) is 4.18. The van der Waals surface area contributed by atoms with E-state index in [1.54, 1.807) is 12.1 Å². The van der Waals surface area contributed by atoms with Crippen LogP contribution in [0.4, 0.5) is 5.69 Å². The van der Waals surface area contributed by atoms with Crippen LogP contribution in [0.3, 0.4) is 0 Å². The van der Waals surface area contributed by atoms with Gasteiger partial charge < -0.3 is 0 Å². The van der Waals surface area contributed by atoms with Crippen molar-refractivity contribution in [2.75, 3.05) is 0 Å². The molecule has 0 atom stereocenters. The number of carbonyl (C=O) groups excluding carboxylic acids is 1. The normalized spacial score (nSPS) is 10.3. The smallest absolute Gasteiger partial charge is 0.283 e. The molecule has 0 aliphatic heterocycles. The summed E-state index contributed by atoms with van der Waals surface area (Å²) in [5.74, 6) is 0. The van der Waals surface area contributed by atoms with Gasteiger partial charge in [0.1, 0.15) is 6.29 Å². The highest BCUT2D eigenvalue weighted by atomic mass is 32.2. The summed E-state index contributed by atoms with van der Waals surface area (Å²) in [5, 5.41) is 11.1. The highest BCUT2D eigenvalue weighted by Crippen LogP contribution is 2.36. The Morgan fingerprint density at radius 2 is 1.80 bits per heavy atom. The van der Waals surface area contributed by atoms with Crippen LogP contribution >= 0.6 is 11.8 Å². The molecule has 2 rings (SSSR count). The Balaban J connectivity index is 2.42. The van der Waals surface area contributed by atoms with Crippen LogP contribution in [0.25, 0.3) is 0 Å². The first-order valence-corrected chi connectivity index (χ1v) is 6.81. The summed E-state index contributed by atoms with van der Waals surface area (Å²) in [6.07, 6.45) is 0.610. The zero-order valence-corrected chi connectivity index (χ0v) is 11.9. The van der Waals surface area contributed by atoms with Gasteiger partial charge in [0.2, 0.25) is 0 Å². The van der Waals surface area contributed by atoms with Gasteiger partial charge in [-0.15, -0.1) is 0 Å². The van der Waals surface area contributed by atoms with E-state index in [9.17, 15) is 14.9 Å². The quantitative estimate of drug-likeness (QED) is 0.481. The summed E-state index contributed by atoms with van der Waals surface area (Å²) < 4.78 is 0. The van der Waals surface area contributed by atoms with Crippen molar-refractivity contribution < 1.29 is 9.72 Å². The van der Waals surface area contributed by atoms with Crippen LogP contribution in [0.5, 0.6) is 0 Å². The van der Waals surface area contributed by atoms with Gasteiger partial charge in [-0.25, -0.2) is 0 Å². The molecule has 102 valence electrons. The highest BCUT2D eigenvalue weighted by Gasteiger charge is 2.16. The number of rotatable bonds is 4. The van der Waals surface area contributed by atoms with Crippen LogP contribution in [0.2, 0.25) is 0 Å². The van der Waals surface area contributed by atoms with E-state index >= 15 is 0 Å². The molecule has 0 saturated heterocycles. The van der Waals surface area contributed by atoms with Crippen LogP contribution in [0.1, 0.15) is 21.5 Å². The fourth-order valence-electron chi connectivity index (χ4n) is 1.87. The number of aldehydes is 1. The van der Waals surface area contributed by atoms with Gasteiger partial charge in [0.15, 0.2) is 0 Å². The molecule has 4 nitrogen and oxygen atoms in total. The minimum Gasteiger partial charge on any atom is -0.298 e. The number of aryl methyl sites for hydroxylation is 2. The lowest BCUT2D eigenvalue weighted by Gasteiger charge is -2.07. The average Bonchev–Trinajstić information content (AvgIpc) is 2.42. The highest BCUT2D eigenvalue weighted by molar-refractivity contribution is 7.99. The van der Waals surface area contributed by atoms with Crippen LogP contribution in [0.15, 0.2) is 46.2 Å². The Bertz CT molecular complexity index is 683. The Kier molecular flexibility index (Phi) is 4.20. The second-order valence-electron chi connectivity index (χ2n) is 4.47. The summed E-state index contributed by atoms with van der Waals surface area (Å²) in [5.41, 5.74) is 2.49. The van der Waals surface area contributed by atoms with Gasteiger partial charge in [0.05, 0.1) is 9.82 Å². The molecule has 0 spiro atoms. The second-order valence-corrected chi connectivity index (χ2v) is 5.56. The molecular weight excluding hydrogens is 274 g/mol. The third-order valence-electron chi connectivity index (χ3n) is 2.87. The van der Waals surface area contributed by atoms with Crippen molar-refractivity contribution in [1.82, 2.24) is 0 Å². The van der Waals surface area contributed by atoms with Crippen molar-refractivity contribution in [3.8, 4) is 0 Å². The second kappa shape index (κ2) is 5.88. The molecule has 0 unspecified atom stereocenters. The topological polar surface area (TPSA) is 60.2 Å². The van der Waals surface area contributed by atoms with Gasteiger partial charge in [-0.3, -0.25) is 14.9 Å². The van der Waals surface area contributed by atoms with Gasteiger partial charge >= 0.3 is 0 Å². The SMILES string of the molecule is Cc1ccc(Sc2ccc(C=O)cc2[N+](=O)[O-])c(C)c1. The molecule has 0 radical (unpaired) electrons. The largest absolute Gasteiger partial charge is 0.298 e. The number of nitrogens with zero attached hydrogens (tertiary/aromatic N) is 1. The molecule has 0 heterocycles. The molecule has 2 aromatic rings. The van der Waals surface area contributed by atoms with Crippen molar-refractivity contribution in [3.63, 3.8) is 0 Å². The van der Waals surface area contributed by atoms with Crippen molar-refractivity contribution in [2.45, 2.75) is 23.6 Å². The summed E-state index contributed by atoms with van der Waals surface area (Å²) >= 11 is 1.34. The van der Waals surface area contributed by atoms with E-state index in [0.717, 1.165) is 16.0 Å². The molecule has 0 aliphatic rings. The maximum Gasteiger partial charge on any atom is 0.283 e. The zero-order valence-electron chi connectivity index (χ0n) is 11.1. The average molecular weight is 287 g/mol. The van der Waals surface area contributed by atoms with E-state index in [2.05, 4.69) is 0 Å². The third kappa shape index (κ3) is 3.05. The monoisotopic (exact) mass is 287 g/mol. The molecule has 0 amide bonds. The number of carbonyl (C=O) groups is 1. The third-order valence-corrected chi connectivity index (χ3v) is 4.11. The van der Waals surface area contributed by atoms with E-state index in [1.807, 2.05) is 32.0 Å². The Labute approximate surface area is 121 Å². The first kappa shape index (κ1) is 14.3. The zero-order chi connectivity index (χ0) is 14.7. The number of hydrogen-bond acceptors (Lipinski definition) is 4. The van der Waals surface area contributed by atoms with Crippen molar-refractivity contribution in [3.05, 3.63) is 63.2 Å². The van der Waals surface area contributed by atoms with Gasteiger partial charge in [0, 0.05) is 16.5 Å². The van der Waals surface area contributed by atoms with E-state index in [0.29, 0.717) is 16.7 Å². The number of benzene rings is 2. The first-order chi connectivity index (χ1) is 9.51. The number of nitro groups is 1. The minimum atomic E-state index is -0.459. The van der Waals surface area contributed by atoms with Crippen molar-refractivity contribution >= 4 is 23.7 Å². The van der Waals surface area contributed by atoms with Gasteiger partial charge in [0.25, 0.3) is 5.69 Å². The molecule has 0 N–H and O–H groups in total. The Hall–Kier alpha value is -2.14. The Morgan fingerprint density at radius 1 is 1.10 bits per heavy atom. The van der Waals surface area contributed by atoms with Gasteiger partial charge in [-0.2, -0.15) is 0 Å². The van der Waals surface area contributed by atoms with Crippen LogP contribution < -0.4 is 0 Å². The van der Waals surface area contributed by atoms with E-state index in [-0.39, 0.29) is 5.69 Å². The first-order valence-electron chi connectivity index (χ1n) is 6.00. The van der Waals surface area contributed by atoms with Crippen molar-refractivity contribution in [1.29, 1.82) is 0 Å². The molecule has 0 saturated carbocycles.